The van der Waals surface area contributed by atoms with Crippen LogP contribution in [0.3, 0.4) is 0 Å². The minimum atomic E-state index is -0.288. The molecule has 0 saturated carbocycles. The van der Waals surface area contributed by atoms with E-state index in [0.29, 0.717) is 13.2 Å². The van der Waals surface area contributed by atoms with Crippen molar-refractivity contribution in [3.05, 3.63) is 23.7 Å². The molecule has 2 aliphatic rings. The summed E-state index contributed by atoms with van der Waals surface area (Å²) in [4.78, 5) is 14.5. The van der Waals surface area contributed by atoms with Gasteiger partial charge in [-0.15, -0.1) is 0 Å². The Labute approximate surface area is 130 Å². The molecule has 0 aliphatic carbocycles. The second-order valence-corrected chi connectivity index (χ2v) is 5.86. The van der Waals surface area contributed by atoms with Gasteiger partial charge in [-0.2, -0.15) is 0 Å². The van der Waals surface area contributed by atoms with Crippen LogP contribution in [0.15, 0.2) is 16.5 Å². The van der Waals surface area contributed by atoms with Gasteiger partial charge in [0.15, 0.2) is 0 Å². The van der Waals surface area contributed by atoms with E-state index in [-0.39, 0.29) is 18.1 Å². The van der Waals surface area contributed by atoms with E-state index >= 15 is 0 Å². The highest BCUT2D eigenvalue weighted by Crippen LogP contribution is 2.23. The van der Waals surface area contributed by atoms with Gasteiger partial charge < -0.3 is 19.2 Å². The SMILES string of the molecule is Cc1ccc([C@@H](CNC(=O)[C@H]2CCCO2)N2CCOCC2)o1. The summed E-state index contributed by atoms with van der Waals surface area (Å²) < 4.78 is 16.6. The van der Waals surface area contributed by atoms with E-state index in [9.17, 15) is 4.79 Å². The van der Waals surface area contributed by atoms with Crippen LogP contribution in [0, 0.1) is 6.92 Å². The first kappa shape index (κ1) is 15.5. The summed E-state index contributed by atoms with van der Waals surface area (Å²) in [6, 6.07) is 4.00. The van der Waals surface area contributed by atoms with Crippen LogP contribution < -0.4 is 5.32 Å². The monoisotopic (exact) mass is 308 g/mol. The summed E-state index contributed by atoms with van der Waals surface area (Å²) in [7, 11) is 0. The Balaban J connectivity index is 1.63. The highest BCUT2D eigenvalue weighted by molar-refractivity contribution is 5.81. The van der Waals surface area contributed by atoms with E-state index in [1.165, 1.54) is 0 Å². The zero-order valence-corrected chi connectivity index (χ0v) is 13.0. The predicted octanol–water partition coefficient (Wildman–Crippen LogP) is 1.26. The minimum Gasteiger partial charge on any atom is -0.465 e. The Bertz CT molecular complexity index is 490. The second kappa shape index (κ2) is 7.26. The van der Waals surface area contributed by atoms with Crippen molar-refractivity contribution in [3.8, 4) is 0 Å². The lowest BCUT2D eigenvalue weighted by molar-refractivity contribution is -0.130. The molecule has 6 heteroatoms. The Hall–Kier alpha value is -1.37. The fourth-order valence-corrected chi connectivity index (χ4v) is 3.03. The third-order valence-electron chi connectivity index (χ3n) is 4.27. The number of nitrogens with one attached hydrogen (secondary N) is 1. The largest absolute Gasteiger partial charge is 0.465 e. The summed E-state index contributed by atoms with van der Waals surface area (Å²) in [5, 5.41) is 3.02. The quantitative estimate of drug-likeness (QED) is 0.887. The number of hydrogen-bond donors (Lipinski definition) is 1. The van der Waals surface area contributed by atoms with Crippen LogP contribution >= 0.6 is 0 Å². The van der Waals surface area contributed by atoms with Crippen LogP contribution in [-0.2, 0) is 14.3 Å². The van der Waals surface area contributed by atoms with E-state index in [4.69, 9.17) is 13.9 Å². The number of aryl methyl sites for hydroxylation is 1. The van der Waals surface area contributed by atoms with Crippen LogP contribution in [-0.4, -0.2) is 56.4 Å². The summed E-state index contributed by atoms with van der Waals surface area (Å²) in [5.41, 5.74) is 0. The van der Waals surface area contributed by atoms with Gasteiger partial charge in [0.1, 0.15) is 17.6 Å². The standard InChI is InChI=1S/C16H24N2O4/c1-12-4-5-14(22-12)13(18-6-9-20-10-7-18)11-17-16(19)15-3-2-8-21-15/h4-5,13,15H,2-3,6-11H2,1H3,(H,17,19)/t13-,15-/m1/s1. The van der Waals surface area contributed by atoms with Crippen molar-refractivity contribution in [1.82, 2.24) is 10.2 Å². The molecule has 1 aromatic heterocycles. The van der Waals surface area contributed by atoms with Crippen LogP contribution in [0.2, 0.25) is 0 Å². The third-order valence-corrected chi connectivity index (χ3v) is 4.27. The summed E-state index contributed by atoms with van der Waals surface area (Å²) >= 11 is 0. The Morgan fingerprint density at radius 2 is 2.18 bits per heavy atom. The molecular weight excluding hydrogens is 284 g/mol. The maximum absolute atomic E-state index is 12.2. The van der Waals surface area contributed by atoms with Crippen molar-refractivity contribution in [2.24, 2.45) is 0 Å². The van der Waals surface area contributed by atoms with Gasteiger partial charge in [-0.3, -0.25) is 9.69 Å². The number of hydrogen-bond acceptors (Lipinski definition) is 5. The number of rotatable bonds is 5. The van der Waals surface area contributed by atoms with Gasteiger partial charge in [0.2, 0.25) is 5.91 Å². The second-order valence-electron chi connectivity index (χ2n) is 5.86. The first-order chi connectivity index (χ1) is 10.7. The predicted molar refractivity (Wildman–Crippen MR) is 80.6 cm³/mol. The van der Waals surface area contributed by atoms with Crippen molar-refractivity contribution < 1.29 is 18.7 Å². The zero-order chi connectivity index (χ0) is 15.4. The van der Waals surface area contributed by atoms with E-state index in [1.807, 2.05) is 19.1 Å². The fraction of sp³-hybridized carbons (Fsp3) is 0.688. The van der Waals surface area contributed by atoms with Gasteiger partial charge in [0.25, 0.3) is 0 Å². The number of morpholine rings is 1. The highest BCUT2D eigenvalue weighted by Gasteiger charge is 2.28. The molecule has 22 heavy (non-hydrogen) atoms. The number of carbonyl (C=O) groups excluding carboxylic acids is 1. The maximum atomic E-state index is 12.2. The minimum absolute atomic E-state index is 0.0148. The molecule has 2 fully saturated rings. The lowest BCUT2D eigenvalue weighted by Crippen LogP contribution is -2.45. The first-order valence-corrected chi connectivity index (χ1v) is 8.01. The van der Waals surface area contributed by atoms with Gasteiger partial charge in [-0.05, 0) is 31.9 Å². The number of furan rings is 1. The van der Waals surface area contributed by atoms with E-state index in [0.717, 1.165) is 50.7 Å². The van der Waals surface area contributed by atoms with Gasteiger partial charge in [-0.25, -0.2) is 0 Å². The topological polar surface area (TPSA) is 63.9 Å². The Morgan fingerprint density at radius 3 is 2.82 bits per heavy atom. The molecule has 2 aliphatic heterocycles. The van der Waals surface area contributed by atoms with Crippen molar-refractivity contribution in [1.29, 1.82) is 0 Å². The number of ether oxygens (including phenoxy) is 2. The molecule has 0 unspecified atom stereocenters. The fourth-order valence-electron chi connectivity index (χ4n) is 3.03. The average molecular weight is 308 g/mol. The molecule has 3 heterocycles. The van der Waals surface area contributed by atoms with Gasteiger partial charge in [0.05, 0.1) is 19.3 Å². The molecule has 0 radical (unpaired) electrons. The van der Waals surface area contributed by atoms with E-state index in [1.54, 1.807) is 0 Å². The first-order valence-electron chi connectivity index (χ1n) is 8.01. The molecule has 0 spiro atoms. The van der Waals surface area contributed by atoms with Gasteiger partial charge >= 0.3 is 0 Å². The molecule has 2 saturated heterocycles. The number of nitrogens with zero attached hydrogens (tertiary/aromatic N) is 1. The number of amides is 1. The van der Waals surface area contributed by atoms with Gasteiger partial charge in [-0.1, -0.05) is 0 Å². The van der Waals surface area contributed by atoms with Crippen LogP contribution in [0.4, 0.5) is 0 Å². The van der Waals surface area contributed by atoms with E-state index < -0.39 is 0 Å². The Morgan fingerprint density at radius 1 is 1.36 bits per heavy atom. The van der Waals surface area contributed by atoms with Crippen molar-refractivity contribution >= 4 is 5.91 Å². The summed E-state index contributed by atoms with van der Waals surface area (Å²) in [6.07, 6.45) is 1.49. The smallest absolute Gasteiger partial charge is 0.249 e. The zero-order valence-electron chi connectivity index (χ0n) is 13.0. The van der Waals surface area contributed by atoms with Crippen molar-refractivity contribution in [3.63, 3.8) is 0 Å². The van der Waals surface area contributed by atoms with Gasteiger partial charge in [0, 0.05) is 26.2 Å². The van der Waals surface area contributed by atoms with Crippen LogP contribution in [0.25, 0.3) is 0 Å². The maximum Gasteiger partial charge on any atom is 0.249 e. The lowest BCUT2D eigenvalue weighted by atomic mass is 10.1. The molecule has 3 rings (SSSR count). The molecule has 0 bridgehead atoms. The normalized spacial score (nSPS) is 24.3. The molecule has 122 valence electrons. The molecule has 1 aromatic rings. The van der Waals surface area contributed by atoms with E-state index in [2.05, 4.69) is 10.2 Å². The molecule has 6 nitrogen and oxygen atoms in total. The Kier molecular flexibility index (Phi) is 5.12. The molecule has 1 N–H and O–H groups in total. The lowest BCUT2D eigenvalue weighted by Gasteiger charge is -2.33. The third kappa shape index (κ3) is 3.69. The molecule has 0 aromatic carbocycles. The van der Waals surface area contributed by atoms with Crippen LogP contribution in [0.1, 0.15) is 30.4 Å². The van der Waals surface area contributed by atoms with Crippen molar-refractivity contribution in [2.75, 3.05) is 39.5 Å². The summed E-state index contributed by atoms with van der Waals surface area (Å²) in [6.45, 7) is 6.28. The average Bonchev–Trinajstić information content (AvgIpc) is 3.20. The molecular formula is C16H24N2O4. The van der Waals surface area contributed by atoms with Crippen molar-refractivity contribution in [2.45, 2.75) is 31.9 Å². The summed E-state index contributed by atoms with van der Waals surface area (Å²) in [5.74, 6) is 1.77. The molecule has 2 atom stereocenters. The molecule has 1 amide bonds. The number of carbonyl (C=O) groups is 1. The van der Waals surface area contributed by atoms with Crippen LogP contribution in [0.5, 0.6) is 0 Å². The highest BCUT2D eigenvalue weighted by atomic mass is 16.5.